The lowest BCUT2D eigenvalue weighted by atomic mass is 10.1. The third-order valence-corrected chi connectivity index (χ3v) is 2.69. The first kappa shape index (κ1) is 14.1. The Morgan fingerprint density at radius 2 is 1.70 bits per heavy atom. The van der Waals surface area contributed by atoms with E-state index in [9.17, 15) is 8.78 Å². The standard InChI is InChI=1S/C16H9F2NS/c1-11-2-4-12(5-3-11)6-7-13-8-15(18)16(19-10-20)9-14(13)17/h2-5,8-9H,1H3. The molecule has 0 heterocycles. The summed E-state index contributed by atoms with van der Waals surface area (Å²) in [7, 11) is 0. The lowest BCUT2D eigenvalue weighted by Gasteiger charge is -1.98. The minimum Gasteiger partial charge on any atom is -0.206 e. The minimum absolute atomic E-state index is 0.0219. The number of rotatable bonds is 1. The van der Waals surface area contributed by atoms with Gasteiger partial charge < -0.3 is 0 Å². The minimum atomic E-state index is -0.683. The number of hydrogen-bond donors (Lipinski definition) is 0. The Labute approximate surface area is 121 Å². The maximum atomic E-state index is 13.7. The normalized spacial score (nSPS) is 9.35. The lowest BCUT2D eigenvalue weighted by molar-refractivity contribution is 0.599. The van der Waals surface area contributed by atoms with Crippen LogP contribution in [0.3, 0.4) is 0 Å². The van der Waals surface area contributed by atoms with Crippen LogP contribution in [0.15, 0.2) is 41.4 Å². The van der Waals surface area contributed by atoms with Gasteiger partial charge in [-0.15, -0.1) is 0 Å². The molecule has 98 valence electrons. The lowest BCUT2D eigenvalue weighted by Crippen LogP contribution is -1.87. The Morgan fingerprint density at radius 3 is 2.35 bits per heavy atom. The molecular weight excluding hydrogens is 276 g/mol. The van der Waals surface area contributed by atoms with Gasteiger partial charge in [0.2, 0.25) is 0 Å². The molecule has 0 aliphatic heterocycles. The molecule has 0 spiro atoms. The number of aliphatic imine (C=N–C) groups is 1. The second kappa shape index (κ2) is 6.21. The Balaban J connectivity index is 2.38. The summed E-state index contributed by atoms with van der Waals surface area (Å²) in [5.41, 5.74) is 1.64. The molecule has 1 nitrogen and oxygen atoms in total. The van der Waals surface area contributed by atoms with Crippen LogP contribution in [0.5, 0.6) is 0 Å². The average Bonchev–Trinajstić information content (AvgIpc) is 2.43. The van der Waals surface area contributed by atoms with E-state index < -0.39 is 11.6 Å². The van der Waals surface area contributed by atoms with Crippen molar-refractivity contribution in [3.63, 3.8) is 0 Å². The van der Waals surface area contributed by atoms with E-state index in [-0.39, 0.29) is 11.3 Å². The van der Waals surface area contributed by atoms with Crippen molar-refractivity contribution in [2.24, 2.45) is 4.99 Å². The molecule has 0 aliphatic carbocycles. The van der Waals surface area contributed by atoms with Crippen molar-refractivity contribution in [1.82, 2.24) is 0 Å². The Hall–Kier alpha value is -2.34. The van der Waals surface area contributed by atoms with E-state index in [1.54, 1.807) is 0 Å². The summed E-state index contributed by atoms with van der Waals surface area (Å²) in [6.45, 7) is 1.96. The number of halogens is 2. The van der Waals surface area contributed by atoms with Gasteiger partial charge in [-0.25, -0.2) is 8.78 Å². The van der Waals surface area contributed by atoms with Crippen molar-refractivity contribution in [3.05, 3.63) is 64.7 Å². The highest BCUT2D eigenvalue weighted by Crippen LogP contribution is 2.21. The average molecular weight is 285 g/mol. The van der Waals surface area contributed by atoms with Crippen LogP contribution in [-0.4, -0.2) is 5.16 Å². The molecule has 0 fully saturated rings. The maximum Gasteiger partial charge on any atom is 0.151 e. The molecule has 0 atom stereocenters. The zero-order valence-electron chi connectivity index (χ0n) is 10.6. The van der Waals surface area contributed by atoms with Crippen molar-refractivity contribution in [1.29, 1.82) is 0 Å². The van der Waals surface area contributed by atoms with Crippen molar-refractivity contribution < 1.29 is 8.78 Å². The first-order valence-electron chi connectivity index (χ1n) is 5.76. The molecule has 2 aromatic carbocycles. The van der Waals surface area contributed by atoms with E-state index in [1.165, 1.54) is 0 Å². The molecule has 0 unspecified atom stereocenters. The third kappa shape index (κ3) is 3.36. The van der Waals surface area contributed by atoms with Crippen LogP contribution >= 0.6 is 12.2 Å². The van der Waals surface area contributed by atoms with Crippen molar-refractivity contribution in [3.8, 4) is 11.8 Å². The van der Waals surface area contributed by atoms with Gasteiger partial charge in [0.05, 0.1) is 10.7 Å². The molecule has 2 rings (SSSR count). The van der Waals surface area contributed by atoms with Gasteiger partial charge in [0.15, 0.2) is 5.82 Å². The van der Waals surface area contributed by atoms with E-state index >= 15 is 0 Å². The fraction of sp³-hybridized carbons (Fsp3) is 0.0625. The summed E-state index contributed by atoms with van der Waals surface area (Å²) in [6.07, 6.45) is 0. The zero-order chi connectivity index (χ0) is 14.5. The van der Waals surface area contributed by atoms with Crippen LogP contribution in [0.25, 0.3) is 0 Å². The van der Waals surface area contributed by atoms with E-state index in [1.807, 2.05) is 36.4 Å². The first-order valence-corrected chi connectivity index (χ1v) is 6.16. The predicted octanol–water partition coefficient (Wildman–Crippen LogP) is 4.41. The van der Waals surface area contributed by atoms with Crippen LogP contribution in [0.4, 0.5) is 14.5 Å². The molecule has 0 aliphatic rings. The van der Waals surface area contributed by atoms with Gasteiger partial charge in [-0.1, -0.05) is 29.5 Å². The number of nitrogens with zero attached hydrogens (tertiary/aromatic N) is 1. The van der Waals surface area contributed by atoms with Crippen molar-refractivity contribution in [2.75, 3.05) is 0 Å². The van der Waals surface area contributed by atoms with Crippen molar-refractivity contribution in [2.45, 2.75) is 6.92 Å². The molecule has 0 saturated carbocycles. The quantitative estimate of drug-likeness (QED) is 0.429. The van der Waals surface area contributed by atoms with Gasteiger partial charge in [-0.3, -0.25) is 0 Å². The van der Waals surface area contributed by atoms with Crippen LogP contribution < -0.4 is 0 Å². The van der Waals surface area contributed by atoms with Gasteiger partial charge in [-0.05, 0) is 37.3 Å². The van der Waals surface area contributed by atoms with Crippen LogP contribution in [-0.2, 0) is 0 Å². The smallest absolute Gasteiger partial charge is 0.151 e. The van der Waals surface area contributed by atoms with Gasteiger partial charge in [0.1, 0.15) is 11.5 Å². The molecule has 0 bridgehead atoms. The highest BCUT2D eigenvalue weighted by Gasteiger charge is 2.07. The largest absolute Gasteiger partial charge is 0.206 e. The first-order chi connectivity index (χ1) is 9.60. The van der Waals surface area contributed by atoms with Gasteiger partial charge >= 0.3 is 0 Å². The number of isothiocyanates is 1. The molecule has 0 amide bonds. The zero-order valence-corrected chi connectivity index (χ0v) is 11.4. The maximum absolute atomic E-state index is 13.7. The molecule has 4 heteroatoms. The summed E-state index contributed by atoms with van der Waals surface area (Å²) in [5, 5.41) is 2.00. The van der Waals surface area contributed by atoms with Gasteiger partial charge in [-0.2, -0.15) is 4.99 Å². The molecule has 20 heavy (non-hydrogen) atoms. The Kier molecular flexibility index (Phi) is 4.37. The molecular formula is C16H9F2NS. The molecule has 0 N–H and O–H groups in total. The van der Waals surface area contributed by atoms with Gasteiger partial charge in [0.25, 0.3) is 0 Å². The number of thiocarbonyl (C=S) groups is 1. The summed E-state index contributed by atoms with van der Waals surface area (Å²) in [4.78, 5) is 3.44. The van der Waals surface area contributed by atoms with E-state index in [2.05, 4.69) is 29.1 Å². The predicted molar refractivity (Wildman–Crippen MR) is 78.2 cm³/mol. The highest BCUT2D eigenvalue weighted by molar-refractivity contribution is 7.78. The van der Waals surface area contributed by atoms with Crippen molar-refractivity contribution >= 4 is 23.1 Å². The van der Waals surface area contributed by atoms with Crippen LogP contribution in [0.1, 0.15) is 16.7 Å². The van der Waals surface area contributed by atoms with Gasteiger partial charge in [0, 0.05) is 11.6 Å². The highest BCUT2D eigenvalue weighted by atomic mass is 32.1. The fourth-order valence-electron chi connectivity index (χ4n) is 1.54. The number of aryl methyl sites for hydroxylation is 1. The second-order valence-corrected chi connectivity index (χ2v) is 4.29. The molecule has 0 saturated heterocycles. The van der Waals surface area contributed by atoms with E-state index in [0.29, 0.717) is 0 Å². The Morgan fingerprint density at radius 1 is 1.00 bits per heavy atom. The summed E-state index contributed by atoms with van der Waals surface area (Å²) >= 11 is 4.36. The van der Waals surface area contributed by atoms with Crippen LogP contribution in [0, 0.1) is 30.4 Å². The molecule has 0 radical (unpaired) electrons. The summed E-state index contributed by atoms with van der Waals surface area (Å²) in [6, 6.07) is 9.40. The second-order valence-electron chi connectivity index (χ2n) is 4.10. The van der Waals surface area contributed by atoms with Crippen LogP contribution in [0.2, 0.25) is 0 Å². The Bertz CT molecular complexity index is 749. The monoisotopic (exact) mass is 285 g/mol. The summed E-state index contributed by atoms with van der Waals surface area (Å²) < 4.78 is 27.3. The van der Waals surface area contributed by atoms with E-state index in [0.717, 1.165) is 23.3 Å². The molecule has 0 aromatic heterocycles. The van der Waals surface area contributed by atoms with E-state index in [4.69, 9.17) is 0 Å². The molecule has 2 aromatic rings. The topological polar surface area (TPSA) is 12.4 Å². The number of benzene rings is 2. The summed E-state index contributed by atoms with van der Waals surface area (Å²) in [5.74, 6) is 4.06. The fourth-order valence-corrected chi connectivity index (χ4v) is 1.64. The SMILES string of the molecule is Cc1ccc(C#Cc2cc(F)c(N=C=S)cc2F)cc1. The number of hydrogen-bond acceptors (Lipinski definition) is 2. The third-order valence-electron chi connectivity index (χ3n) is 2.60.